The van der Waals surface area contributed by atoms with Gasteiger partial charge in [0, 0.05) is 0 Å². The largest absolute Gasteiger partial charge is 0.388 e. The molecule has 1 aliphatic carbocycles. The van der Waals surface area contributed by atoms with E-state index < -0.39 is 0 Å². The lowest BCUT2D eigenvalue weighted by Gasteiger charge is -2.28. The number of unbranched alkanes of at least 4 members (excludes halogenated alkanes) is 1. The highest BCUT2D eigenvalue weighted by Crippen LogP contribution is 2.30. The molecular formula is C15H28O. The van der Waals surface area contributed by atoms with Crippen LogP contribution < -0.4 is 0 Å². The topological polar surface area (TPSA) is 20.2 Å². The molecule has 1 fully saturated rings. The number of aliphatic hydroxyl groups excluding tert-OH is 1. The van der Waals surface area contributed by atoms with Crippen molar-refractivity contribution in [3.8, 4) is 0 Å². The second-order valence-corrected chi connectivity index (χ2v) is 5.16. The molecule has 94 valence electrons. The Bertz CT molecular complexity index is 201. The van der Waals surface area contributed by atoms with E-state index in [-0.39, 0.29) is 6.10 Å². The minimum atomic E-state index is -0.146. The van der Waals surface area contributed by atoms with Crippen LogP contribution in [0.1, 0.15) is 71.6 Å². The molecule has 0 bridgehead atoms. The Labute approximate surface area is 101 Å². The summed E-state index contributed by atoms with van der Waals surface area (Å²) >= 11 is 0. The maximum absolute atomic E-state index is 10.4. The lowest BCUT2D eigenvalue weighted by molar-refractivity contribution is 0.111. The van der Waals surface area contributed by atoms with Crippen molar-refractivity contribution in [3.63, 3.8) is 0 Å². The van der Waals surface area contributed by atoms with Crippen LogP contribution in [-0.2, 0) is 0 Å². The van der Waals surface area contributed by atoms with Crippen molar-refractivity contribution in [3.05, 3.63) is 11.6 Å². The Balaban J connectivity index is 2.53. The maximum Gasteiger partial charge on any atom is 0.0778 e. The summed E-state index contributed by atoms with van der Waals surface area (Å²) in [4.78, 5) is 0. The summed E-state index contributed by atoms with van der Waals surface area (Å²) in [5.41, 5.74) is 1.32. The van der Waals surface area contributed by atoms with Crippen molar-refractivity contribution >= 4 is 0 Å². The normalized spacial score (nSPS) is 21.1. The molecule has 0 heterocycles. The molecule has 0 saturated heterocycles. The van der Waals surface area contributed by atoms with E-state index in [4.69, 9.17) is 0 Å². The van der Waals surface area contributed by atoms with Gasteiger partial charge in [-0.25, -0.2) is 0 Å². The first kappa shape index (κ1) is 13.8. The third-order valence-corrected chi connectivity index (χ3v) is 3.71. The van der Waals surface area contributed by atoms with E-state index in [9.17, 15) is 5.11 Å². The Morgan fingerprint density at radius 1 is 1.19 bits per heavy atom. The van der Waals surface area contributed by atoms with E-state index in [1.807, 2.05) is 0 Å². The molecule has 1 rings (SSSR count). The fourth-order valence-corrected chi connectivity index (χ4v) is 2.74. The smallest absolute Gasteiger partial charge is 0.0778 e. The van der Waals surface area contributed by atoms with Gasteiger partial charge in [-0.05, 0) is 37.2 Å². The molecule has 1 unspecified atom stereocenters. The van der Waals surface area contributed by atoms with Gasteiger partial charge in [-0.3, -0.25) is 0 Å². The van der Waals surface area contributed by atoms with E-state index in [0.29, 0.717) is 5.92 Å². The van der Waals surface area contributed by atoms with Gasteiger partial charge in [-0.1, -0.05) is 52.0 Å². The lowest BCUT2D eigenvalue weighted by Crippen LogP contribution is -2.25. The number of allylic oxidation sites excluding steroid dienone is 1. The molecule has 16 heavy (non-hydrogen) atoms. The van der Waals surface area contributed by atoms with Crippen molar-refractivity contribution in [2.45, 2.75) is 77.7 Å². The minimum Gasteiger partial charge on any atom is -0.388 e. The Morgan fingerprint density at radius 3 is 2.44 bits per heavy atom. The van der Waals surface area contributed by atoms with Gasteiger partial charge in [-0.2, -0.15) is 0 Å². The standard InChI is InChI=1S/C15H28O/c1-3-5-10-13(9-4-2)15(16)14-11-7-6-8-12-14/h10,14-16H,3-9,11-12H2,1-2H3/b13-10+. The zero-order valence-electron chi connectivity index (χ0n) is 11.0. The minimum absolute atomic E-state index is 0.146. The Hall–Kier alpha value is -0.300. The first-order valence-corrected chi connectivity index (χ1v) is 7.16. The van der Waals surface area contributed by atoms with Crippen molar-refractivity contribution in [1.82, 2.24) is 0 Å². The summed E-state index contributed by atoms with van der Waals surface area (Å²) in [5.74, 6) is 0.545. The maximum atomic E-state index is 10.4. The van der Waals surface area contributed by atoms with Crippen molar-refractivity contribution < 1.29 is 5.11 Å². The molecule has 1 aliphatic rings. The van der Waals surface area contributed by atoms with Gasteiger partial charge in [0.05, 0.1) is 6.10 Å². The summed E-state index contributed by atoms with van der Waals surface area (Å²) in [6.45, 7) is 4.40. The van der Waals surface area contributed by atoms with Crippen molar-refractivity contribution in [2.24, 2.45) is 5.92 Å². The average molecular weight is 224 g/mol. The third-order valence-electron chi connectivity index (χ3n) is 3.71. The SMILES string of the molecule is CCC/C=C(\CCC)C(O)C1CCCCC1. The number of hydrogen-bond acceptors (Lipinski definition) is 1. The van der Waals surface area contributed by atoms with E-state index in [1.54, 1.807) is 0 Å². The summed E-state index contributed by atoms with van der Waals surface area (Å²) in [7, 11) is 0. The molecule has 0 aromatic carbocycles. The van der Waals surface area contributed by atoms with Crippen LogP contribution in [0.5, 0.6) is 0 Å². The number of hydrogen-bond donors (Lipinski definition) is 1. The second kappa shape index (κ2) is 7.89. The van der Waals surface area contributed by atoms with Crippen LogP contribution in [0.4, 0.5) is 0 Å². The summed E-state index contributed by atoms with van der Waals surface area (Å²) in [5, 5.41) is 10.4. The molecule has 0 aliphatic heterocycles. The molecule has 0 spiro atoms. The first-order chi connectivity index (χ1) is 7.79. The number of rotatable bonds is 6. The van der Waals surface area contributed by atoms with Crippen LogP contribution in [0.25, 0.3) is 0 Å². The van der Waals surface area contributed by atoms with Gasteiger partial charge in [-0.15, -0.1) is 0 Å². The molecule has 1 saturated carbocycles. The van der Waals surface area contributed by atoms with Crippen LogP contribution in [-0.4, -0.2) is 11.2 Å². The fourth-order valence-electron chi connectivity index (χ4n) is 2.74. The summed E-state index contributed by atoms with van der Waals surface area (Å²) in [6, 6.07) is 0. The molecular weight excluding hydrogens is 196 g/mol. The quantitative estimate of drug-likeness (QED) is 0.661. The zero-order valence-corrected chi connectivity index (χ0v) is 11.0. The molecule has 1 heteroatoms. The van der Waals surface area contributed by atoms with E-state index in [0.717, 1.165) is 19.3 Å². The van der Waals surface area contributed by atoms with Gasteiger partial charge in [0.15, 0.2) is 0 Å². The summed E-state index contributed by atoms with van der Waals surface area (Å²) in [6.07, 6.45) is 13.1. The number of aliphatic hydroxyl groups is 1. The Morgan fingerprint density at radius 2 is 1.88 bits per heavy atom. The summed E-state index contributed by atoms with van der Waals surface area (Å²) < 4.78 is 0. The van der Waals surface area contributed by atoms with Crippen LogP contribution in [0.15, 0.2) is 11.6 Å². The predicted molar refractivity (Wildman–Crippen MR) is 70.5 cm³/mol. The average Bonchev–Trinajstić information content (AvgIpc) is 2.35. The van der Waals surface area contributed by atoms with E-state index in [2.05, 4.69) is 19.9 Å². The van der Waals surface area contributed by atoms with Gasteiger partial charge in [0.25, 0.3) is 0 Å². The molecule has 0 amide bonds. The highest BCUT2D eigenvalue weighted by molar-refractivity contribution is 5.10. The first-order valence-electron chi connectivity index (χ1n) is 7.16. The molecule has 1 nitrogen and oxygen atoms in total. The van der Waals surface area contributed by atoms with E-state index in [1.165, 1.54) is 44.1 Å². The van der Waals surface area contributed by atoms with Crippen LogP contribution >= 0.6 is 0 Å². The highest BCUT2D eigenvalue weighted by Gasteiger charge is 2.23. The second-order valence-electron chi connectivity index (χ2n) is 5.16. The lowest BCUT2D eigenvalue weighted by atomic mass is 9.81. The van der Waals surface area contributed by atoms with Crippen molar-refractivity contribution in [2.75, 3.05) is 0 Å². The molecule has 0 aromatic heterocycles. The Kier molecular flexibility index (Phi) is 6.79. The van der Waals surface area contributed by atoms with Crippen LogP contribution in [0, 0.1) is 5.92 Å². The monoisotopic (exact) mass is 224 g/mol. The highest BCUT2D eigenvalue weighted by atomic mass is 16.3. The van der Waals surface area contributed by atoms with Crippen molar-refractivity contribution in [1.29, 1.82) is 0 Å². The predicted octanol–water partition coefficient (Wildman–Crippen LogP) is 4.45. The van der Waals surface area contributed by atoms with Crippen LogP contribution in [0.2, 0.25) is 0 Å². The molecule has 1 N–H and O–H groups in total. The zero-order chi connectivity index (χ0) is 11.8. The molecule has 0 aromatic rings. The van der Waals surface area contributed by atoms with Gasteiger partial charge < -0.3 is 5.11 Å². The van der Waals surface area contributed by atoms with Crippen LogP contribution in [0.3, 0.4) is 0 Å². The van der Waals surface area contributed by atoms with Gasteiger partial charge in [0.2, 0.25) is 0 Å². The van der Waals surface area contributed by atoms with Gasteiger partial charge in [0.1, 0.15) is 0 Å². The third kappa shape index (κ3) is 4.29. The molecule has 1 atom stereocenters. The van der Waals surface area contributed by atoms with Gasteiger partial charge >= 0.3 is 0 Å². The molecule has 0 radical (unpaired) electrons. The van der Waals surface area contributed by atoms with E-state index >= 15 is 0 Å². The fraction of sp³-hybridized carbons (Fsp3) is 0.867.